The predicted octanol–water partition coefficient (Wildman–Crippen LogP) is 3.74. The Kier molecular flexibility index (Phi) is 4.76. The Morgan fingerprint density at radius 1 is 1.33 bits per heavy atom. The van der Waals surface area contributed by atoms with Crippen LogP contribution in [0.3, 0.4) is 0 Å². The van der Waals surface area contributed by atoms with Crippen molar-refractivity contribution < 1.29 is 4.74 Å². The summed E-state index contributed by atoms with van der Waals surface area (Å²) in [6.07, 6.45) is 6.73. The molecule has 18 heavy (non-hydrogen) atoms. The molecule has 1 saturated carbocycles. The SMILES string of the molecule is COC(c1nc(C)c(C(C)N)s1)C1CCCCC1. The van der Waals surface area contributed by atoms with E-state index in [-0.39, 0.29) is 12.1 Å². The molecule has 2 unspecified atom stereocenters. The lowest BCUT2D eigenvalue weighted by atomic mass is 9.85. The smallest absolute Gasteiger partial charge is 0.122 e. The predicted molar refractivity (Wildman–Crippen MR) is 75.8 cm³/mol. The molecule has 2 atom stereocenters. The van der Waals surface area contributed by atoms with Crippen LogP contribution in [0, 0.1) is 12.8 Å². The van der Waals surface area contributed by atoms with Crippen molar-refractivity contribution in [1.82, 2.24) is 4.98 Å². The van der Waals surface area contributed by atoms with Crippen molar-refractivity contribution in [3.8, 4) is 0 Å². The first-order chi connectivity index (χ1) is 8.63. The number of rotatable bonds is 4. The van der Waals surface area contributed by atoms with Gasteiger partial charge in [-0.25, -0.2) is 4.98 Å². The number of hydrogen-bond acceptors (Lipinski definition) is 4. The molecule has 4 heteroatoms. The van der Waals surface area contributed by atoms with Crippen LogP contribution in [0.2, 0.25) is 0 Å². The van der Waals surface area contributed by atoms with Crippen molar-refractivity contribution in [1.29, 1.82) is 0 Å². The first-order valence-corrected chi connectivity index (χ1v) is 7.70. The van der Waals surface area contributed by atoms with Gasteiger partial charge in [-0.1, -0.05) is 19.3 Å². The van der Waals surface area contributed by atoms with Crippen LogP contribution in [0.1, 0.15) is 66.8 Å². The van der Waals surface area contributed by atoms with Gasteiger partial charge in [0, 0.05) is 18.0 Å². The third-order valence-corrected chi connectivity index (χ3v) is 5.26. The number of hydrogen-bond donors (Lipinski definition) is 1. The Morgan fingerprint density at radius 2 is 2.00 bits per heavy atom. The summed E-state index contributed by atoms with van der Waals surface area (Å²) in [5.41, 5.74) is 7.05. The van der Waals surface area contributed by atoms with Gasteiger partial charge >= 0.3 is 0 Å². The highest BCUT2D eigenvalue weighted by molar-refractivity contribution is 7.11. The number of aromatic nitrogens is 1. The van der Waals surface area contributed by atoms with Gasteiger partial charge in [0.05, 0.1) is 5.69 Å². The minimum absolute atomic E-state index is 0.0695. The second-order valence-corrected chi connectivity index (χ2v) is 6.41. The molecule has 1 aliphatic rings. The highest BCUT2D eigenvalue weighted by Gasteiger charge is 2.28. The minimum Gasteiger partial charge on any atom is -0.374 e. The molecule has 0 aromatic carbocycles. The van der Waals surface area contributed by atoms with Crippen molar-refractivity contribution in [2.45, 2.75) is 58.1 Å². The zero-order valence-corrected chi connectivity index (χ0v) is 12.4. The molecule has 0 aliphatic heterocycles. The average Bonchev–Trinajstić information content (AvgIpc) is 2.74. The van der Waals surface area contributed by atoms with Crippen molar-refractivity contribution in [2.24, 2.45) is 11.7 Å². The van der Waals surface area contributed by atoms with E-state index in [9.17, 15) is 0 Å². The van der Waals surface area contributed by atoms with Gasteiger partial charge in [-0.05, 0) is 32.6 Å². The molecule has 1 heterocycles. The normalized spacial score (nSPS) is 20.9. The van der Waals surface area contributed by atoms with Gasteiger partial charge in [-0.3, -0.25) is 0 Å². The number of thiazole rings is 1. The number of nitrogens with two attached hydrogens (primary N) is 1. The van der Waals surface area contributed by atoms with Gasteiger partial charge in [-0.2, -0.15) is 0 Å². The van der Waals surface area contributed by atoms with Crippen LogP contribution in [0.25, 0.3) is 0 Å². The van der Waals surface area contributed by atoms with Crippen LogP contribution in [0.15, 0.2) is 0 Å². The molecule has 102 valence electrons. The maximum absolute atomic E-state index is 5.98. The Bertz CT molecular complexity index is 383. The van der Waals surface area contributed by atoms with Crippen LogP contribution >= 0.6 is 11.3 Å². The van der Waals surface area contributed by atoms with Crippen molar-refractivity contribution in [2.75, 3.05) is 7.11 Å². The van der Waals surface area contributed by atoms with E-state index >= 15 is 0 Å². The Morgan fingerprint density at radius 3 is 2.50 bits per heavy atom. The fourth-order valence-electron chi connectivity index (χ4n) is 2.91. The molecule has 2 rings (SSSR count). The molecule has 0 saturated heterocycles. The highest BCUT2D eigenvalue weighted by Crippen LogP contribution is 2.39. The maximum atomic E-state index is 5.98. The van der Waals surface area contributed by atoms with Gasteiger partial charge in [-0.15, -0.1) is 11.3 Å². The van der Waals surface area contributed by atoms with E-state index in [0.29, 0.717) is 5.92 Å². The summed E-state index contributed by atoms with van der Waals surface area (Å²) < 4.78 is 5.73. The second-order valence-electron chi connectivity index (χ2n) is 5.34. The van der Waals surface area contributed by atoms with Gasteiger partial charge in [0.2, 0.25) is 0 Å². The molecule has 1 aromatic rings. The van der Waals surface area contributed by atoms with Crippen LogP contribution in [-0.2, 0) is 4.74 Å². The summed E-state index contributed by atoms with van der Waals surface area (Å²) in [5.74, 6) is 0.634. The van der Waals surface area contributed by atoms with Gasteiger partial charge in [0.15, 0.2) is 0 Å². The zero-order valence-electron chi connectivity index (χ0n) is 11.6. The quantitative estimate of drug-likeness (QED) is 0.905. The number of nitrogens with zero attached hydrogens (tertiary/aromatic N) is 1. The largest absolute Gasteiger partial charge is 0.374 e. The summed E-state index contributed by atoms with van der Waals surface area (Å²) in [5, 5.41) is 1.12. The van der Waals surface area contributed by atoms with E-state index in [4.69, 9.17) is 15.5 Å². The zero-order chi connectivity index (χ0) is 13.1. The highest BCUT2D eigenvalue weighted by atomic mass is 32.1. The summed E-state index contributed by atoms with van der Waals surface area (Å²) in [4.78, 5) is 5.89. The molecule has 0 bridgehead atoms. The van der Waals surface area contributed by atoms with Crippen LogP contribution in [0.5, 0.6) is 0 Å². The van der Waals surface area contributed by atoms with E-state index in [2.05, 4.69) is 0 Å². The number of ether oxygens (including phenoxy) is 1. The van der Waals surface area contributed by atoms with Crippen molar-refractivity contribution in [3.05, 3.63) is 15.6 Å². The van der Waals surface area contributed by atoms with E-state index in [1.54, 1.807) is 11.3 Å². The third-order valence-electron chi connectivity index (χ3n) is 3.84. The Hall–Kier alpha value is -0.450. The number of methoxy groups -OCH3 is 1. The summed E-state index contributed by atoms with van der Waals surface area (Å²) in [6.45, 7) is 4.07. The van der Waals surface area contributed by atoms with E-state index in [0.717, 1.165) is 10.7 Å². The fourth-order valence-corrected chi connectivity index (χ4v) is 4.10. The minimum atomic E-state index is 0.0695. The van der Waals surface area contributed by atoms with Gasteiger partial charge < -0.3 is 10.5 Å². The summed E-state index contributed by atoms with van der Waals surface area (Å²) in [6, 6.07) is 0.0695. The fraction of sp³-hybridized carbons (Fsp3) is 0.786. The number of aryl methyl sites for hydroxylation is 1. The molecular weight excluding hydrogens is 244 g/mol. The van der Waals surface area contributed by atoms with Crippen LogP contribution in [0.4, 0.5) is 0 Å². The van der Waals surface area contributed by atoms with Crippen molar-refractivity contribution in [3.63, 3.8) is 0 Å². The summed E-state index contributed by atoms with van der Waals surface area (Å²) in [7, 11) is 1.81. The topological polar surface area (TPSA) is 48.1 Å². The molecule has 1 fully saturated rings. The Labute approximate surface area is 114 Å². The van der Waals surface area contributed by atoms with Crippen LogP contribution in [-0.4, -0.2) is 12.1 Å². The molecule has 1 aliphatic carbocycles. The molecule has 0 amide bonds. The maximum Gasteiger partial charge on any atom is 0.122 e. The molecule has 1 aromatic heterocycles. The van der Waals surface area contributed by atoms with E-state index in [1.165, 1.54) is 37.0 Å². The van der Waals surface area contributed by atoms with E-state index in [1.807, 2.05) is 21.0 Å². The lowest BCUT2D eigenvalue weighted by Crippen LogP contribution is -2.17. The van der Waals surface area contributed by atoms with Crippen molar-refractivity contribution >= 4 is 11.3 Å². The molecule has 3 nitrogen and oxygen atoms in total. The first-order valence-electron chi connectivity index (χ1n) is 6.89. The molecule has 0 radical (unpaired) electrons. The average molecular weight is 268 g/mol. The molecule has 2 N–H and O–H groups in total. The summed E-state index contributed by atoms with van der Waals surface area (Å²) >= 11 is 1.73. The van der Waals surface area contributed by atoms with Crippen LogP contribution < -0.4 is 5.73 Å². The lowest BCUT2D eigenvalue weighted by molar-refractivity contribution is 0.0352. The first kappa shape index (κ1) is 14.0. The van der Waals surface area contributed by atoms with Gasteiger partial charge in [0.25, 0.3) is 0 Å². The van der Waals surface area contributed by atoms with Gasteiger partial charge in [0.1, 0.15) is 11.1 Å². The monoisotopic (exact) mass is 268 g/mol. The third kappa shape index (κ3) is 2.92. The standard InChI is InChI=1S/C14H24N2OS/c1-9(15)13-10(2)16-14(18-13)12(17-3)11-7-5-4-6-8-11/h9,11-12H,4-8,15H2,1-3H3. The molecular formula is C14H24N2OS. The lowest BCUT2D eigenvalue weighted by Gasteiger charge is -2.27. The second kappa shape index (κ2) is 6.13. The molecule has 0 spiro atoms. The van der Waals surface area contributed by atoms with E-state index < -0.39 is 0 Å². The Balaban J connectivity index is 2.18.